The summed E-state index contributed by atoms with van der Waals surface area (Å²) in [6.07, 6.45) is 0. The van der Waals surface area contributed by atoms with E-state index >= 15 is 0 Å². The third-order valence-electron chi connectivity index (χ3n) is 2.62. The van der Waals surface area contributed by atoms with E-state index in [0.29, 0.717) is 0 Å². The van der Waals surface area contributed by atoms with Gasteiger partial charge < -0.3 is 5.73 Å². The molecule has 3 heteroatoms. The molecule has 2 aromatic rings. The van der Waals surface area contributed by atoms with E-state index in [0.717, 1.165) is 31.9 Å². The molecule has 2 rings (SSSR count). The van der Waals surface area contributed by atoms with Crippen molar-refractivity contribution in [3.05, 3.63) is 51.5 Å². The molecule has 2 aromatic carbocycles. The van der Waals surface area contributed by atoms with E-state index in [2.05, 4.69) is 15.9 Å². The lowest BCUT2D eigenvalue weighted by molar-refractivity contribution is 1.45. The molecule has 0 heterocycles. The fourth-order valence-electron chi connectivity index (χ4n) is 1.66. The van der Waals surface area contributed by atoms with Gasteiger partial charge in [-0.15, -0.1) is 0 Å². The highest BCUT2D eigenvalue weighted by atomic mass is 79.9. The summed E-state index contributed by atoms with van der Waals surface area (Å²) in [5, 5.41) is 0.719. The van der Waals surface area contributed by atoms with Gasteiger partial charge in [0.1, 0.15) is 0 Å². The van der Waals surface area contributed by atoms with Crippen LogP contribution in [-0.4, -0.2) is 0 Å². The van der Waals surface area contributed by atoms with Crippen molar-refractivity contribution in [1.82, 2.24) is 0 Å². The van der Waals surface area contributed by atoms with Crippen LogP contribution in [0.4, 0.5) is 5.69 Å². The first-order valence-electron chi connectivity index (χ1n) is 5.90. The lowest BCUT2D eigenvalue weighted by atomic mass is 9.99. The van der Waals surface area contributed by atoms with Gasteiger partial charge in [0, 0.05) is 15.7 Å². The van der Waals surface area contributed by atoms with Gasteiger partial charge in [-0.25, -0.2) is 0 Å². The van der Waals surface area contributed by atoms with Crippen LogP contribution in [0, 0.1) is 6.92 Å². The average Bonchev–Trinajstić information content (AvgIpc) is 2.39. The minimum absolute atomic E-state index is 0.719. The van der Waals surface area contributed by atoms with Crippen molar-refractivity contribution in [3.63, 3.8) is 0 Å². The molecule has 0 radical (unpaired) electrons. The van der Waals surface area contributed by atoms with Crippen LogP contribution in [-0.2, 0) is 0 Å². The molecule has 0 amide bonds. The van der Waals surface area contributed by atoms with Gasteiger partial charge in [-0.3, -0.25) is 0 Å². The van der Waals surface area contributed by atoms with Crippen molar-refractivity contribution < 1.29 is 0 Å². The van der Waals surface area contributed by atoms with Gasteiger partial charge >= 0.3 is 0 Å². The first-order chi connectivity index (χ1) is 8.61. The zero-order valence-corrected chi connectivity index (χ0v) is 13.1. The van der Waals surface area contributed by atoms with Gasteiger partial charge in [0.25, 0.3) is 0 Å². The van der Waals surface area contributed by atoms with Crippen LogP contribution in [0.5, 0.6) is 0 Å². The normalized spacial score (nSPS) is 9.61. The number of rotatable bonds is 1. The van der Waals surface area contributed by atoms with Crippen molar-refractivity contribution in [2.45, 2.75) is 20.8 Å². The number of benzene rings is 2. The molecule has 0 aromatic heterocycles. The Morgan fingerprint density at radius 2 is 1.56 bits per heavy atom. The highest BCUT2D eigenvalue weighted by Crippen LogP contribution is 2.36. The molecule has 0 atom stereocenters. The smallest absolute Gasteiger partial charge is 0.0626 e. The van der Waals surface area contributed by atoms with Crippen LogP contribution in [0.3, 0.4) is 0 Å². The van der Waals surface area contributed by atoms with E-state index < -0.39 is 0 Å². The maximum absolute atomic E-state index is 6.26. The van der Waals surface area contributed by atoms with Gasteiger partial charge in [0.05, 0.1) is 5.02 Å². The van der Waals surface area contributed by atoms with Gasteiger partial charge in [-0.1, -0.05) is 49.7 Å². The molecule has 0 aliphatic rings. The predicted molar refractivity (Wildman–Crippen MR) is 85.1 cm³/mol. The molecule has 18 heavy (non-hydrogen) atoms. The molecule has 0 aliphatic carbocycles. The maximum atomic E-state index is 6.26. The minimum atomic E-state index is 0.719. The molecular formula is C15H17BrClN. The molecule has 0 bridgehead atoms. The monoisotopic (exact) mass is 325 g/mol. The number of nitrogens with two attached hydrogens (primary N) is 1. The van der Waals surface area contributed by atoms with Crippen molar-refractivity contribution in [2.24, 2.45) is 0 Å². The second-order valence-corrected chi connectivity index (χ2v) is 4.85. The van der Waals surface area contributed by atoms with Crippen LogP contribution in [0.1, 0.15) is 19.4 Å². The molecular weight excluding hydrogens is 310 g/mol. The summed E-state index contributed by atoms with van der Waals surface area (Å²) in [7, 11) is 0. The summed E-state index contributed by atoms with van der Waals surface area (Å²) in [5.74, 6) is 0. The number of hydrogen-bond acceptors (Lipinski definition) is 1. The van der Waals surface area contributed by atoms with Crippen LogP contribution in [0.25, 0.3) is 11.1 Å². The molecule has 1 nitrogen and oxygen atoms in total. The quantitative estimate of drug-likeness (QED) is 0.670. The largest absolute Gasteiger partial charge is 0.398 e. The minimum Gasteiger partial charge on any atom is -0.398 e. The summed E-state index contributed by atoms with van der Waals surface area (Å²) in [4.78, 5) is 0. The van der Waals surface area contributed by atoms with Crippen molar-refractivity contribution in [3.8, 4) is 11.1 Å². The summed E-state index contributed by atoms with van der Waals surface area (Å²) in [5.41, 5.74) is 9.81. The number of halogens is 2. The highest BCUT2D eigenvalue weighted by Gasteiger charge is 2.09. The lowest BCUT2D eigenvalue weighted by Crippen LogP contribution is -1.92. The van der Waals surface area contributed by atoms with Crippen molar-refractivity contribution in [2.75, 3.05) is 5.73 Å². The zero-order valence-electron chi connectivity index (χ0n) is 10.8. The Morgan fingerprint density at radius 3 is 2.22 bits per heavy atom. The summed E-state index contributed by atoms with van der Waals surface area (Å²) >= 11 is 9.69. The topological polar surface area (TPSA) is 26.0 Å². The van der Waals surface area contributed by atoms with E-state index in [4.69, 9.17) is 17.3 Å². The Morgan fingerprint density at radius 1 is 1.00 bits per heavy atom. The van der Waals surface area contributed by atoms with Gasteiger partial charge in [-0.05, 0) is 46.1 Å². The number of hydrogen-bond donors (Lipinski definition) is 1. The molecule has 0 fully saturated rings. The van der Waals surface area contributed by atoms with Gasteiger partial charge in [0.2, 0.25) is 0 Å². The van der Waals surface area contributed by atoms with E-state index in [9.17, 15) is 0 Å². The Labute approximate surface area is 122 Å². The molecule has 2 N–H and O–H groups in total. The molecule has 0 saturated carbocycles. The lowest BCUT2D eigenvalue weighted by Gasteiger charge is -2.10. The van der Waals surface area contributed by atoms with E-state index in [1.165, 1.54) is 0 Å². The molecule has 0 unspecified atom stereocenters. The molecule has 96 valence electrons. The van der Waals surface area contributed by atoms with E-state index in [-0.39, 0.29) is 0 Å². The maximum Gasteiger partial charge on any atom is 0.0626 e. The Kier molecular flexibility index (Phi) is 5.70. The van der Waals surface area contributed by atoms with Crippen molar-refractivity contribution >= 4 is 33.2 Å². The van der Waals surface area contributed by atoms with Gasteiger partial charge in [-0.2, -0.15) is 0 Å². The first kappa shape index (κ1) is 15.1. The van der Waals surface area contributed by atoms with Crippen LogP contribution >= 0.6 is 27.5 Å². The first-order valence-corrected chi connectivity index (χ1v) is 7.08. The summed E-state index contributed by atoms with van der Waals surface area (Å²) < 4.78 is 0.897. The standard InChI is InChI=1S/C13H11BrClN.C2H6/c1-8-9(4-3-7-12(8)16)10-5-2-6-11(14)13(10)15;1-2/h2-7H,16H2,1H3;1-2H3. The summed E-state index contributed by atoms with van der Waals surface area (Å²) in [6.45, 7) is 6.00. The summed E-state index contributed by atoms with van der Waals surface area (Å²) in [6, 6.07) is 11.7. The zero-order chi connectivity index (χ0) is 13.7. The fraction of sp³-hybridized carbons (Fsp3) is 0.200. The SMILES string of the molecule is CC.Cc1c(N)cccc1-c1cccc(Br)c1Cl. The average molecular weight is 327 g/mol. The number of anilines is 1. The van der Waals surface area contributed by atoms with Crippen molar-refractivity contribution in [1.29, 1.82) is 0 Å². The van der Waals surface area contributed by atoms with E-state index in [1.54, 1.807) is 0 Å². The highest BCUT2D eigenvalue weighted by molar-refractivity contribution is 9.10. The molecule has 0 spiro atoms. The van der Waals surface area contributed by atoms with Gasteiger partial charge in [0.15, 0.2) is 0 Å². The second-order valence-electron chi connectivity index (χ2n) is 3.62. The fourth-order valence-corrected chi connectivity index (χ4v) is 2.25. The molecule has 0 saturated heterocycles. The Bertz CT molecular complexity index is 489. The Hall–Kier alpha value is -0.990. The van der Waals surface area contributed by atoms with E-state index in [1.807, 2.05) is 57.2 Å². The molecule has 0 aliphatic heterocycles. The number of nitrogen functional groups attached to an aromatic ring is 1. The predicted octanol–water partition coefficient (Wildman–Crippen LogP) is 5.69. The Balaban J connectivity index is 0.000000771. The third-order valence-corrected chi connectivity index (χ3v) is 3.91. The van der Waals surface area contributed by atoms with Crippen LogP contribution in [0.15, 0.2) is 40.9 Å². The van der Waals surface area contributed by atoms with Crippen LogP contribution in [0.2, 0.25) is 5.02 Å². The second kappa shape index (κ2) is 6.81. The third kappa shape index (κ3) is 3.06. The van der Waals surface area contributed by atoms with Crippen LogP contribution < -0.4 is 5.73 Å².